The van der Waals surface area contributed by atoms with Crippen LogP contribution in [0.5, 0.6) is 0 Å². The average molecular weight is 245 g/mol. The molecule has 2 aromatic rings. The van der Waals surface area contributed by atoms with Gasteiger partial charge in [-0.2, -0.15) is 4.98 Å². The number of carbonyl (C=O) groups is 1. The summed E-state index contributed by atoms with van der Waals surface area (Å²) in [6.45, 7) is 3.72. The number of benzene rings is 1. The van der Waals surface area contributed by atoms with Gasteiger partial charge < -0.3 is 9.84 Å². The van der Waals surface area contributed by atoms with Crippen molar-refractivity contribution in [3.63, 3.8) is 0 Å². The largest absolute Gasteiger partial charge is 0.334 e. The van der Waals surface area contributed by atoms with E-state index >= 15 is 0 Å². The highest BCUT2D eigenvalue weighted by Crippen LogP contribution is 2.26. The van der Waals surface area contributed by atoms with E-state index in [0.717, 1.165) is 12.0 Å². The van der Waals surface area contributed by atoms with E-state index in [9.17, 15) is 4.79 Å². The third-order valence-corrected chi connectivity index (χ3v) is 2.44. The first-order valence-corrected chi connectivity index (χ1v) is 5.90. The van der Waals surface area contributed by atoms with Crippen molar-refractivity contribution in [2.75, 3.05) is 5.32 Å². The number of hydrogen-bond donors (Lipinski definition) is 1. The predicted molar refractivity (Wildman–Crippen MR) is 68.0 cm³/mol. The van der Waals surface area contributed by atoms with Crippen LogP contribution in [-0.2, 0) is 4.79 Å². The highest BCUT2D eigenvalue weighted by molar-refractivity contribution is 5.94. The summed E-state index contributed by atoms with van der Waals surface area (Å²) >= 11 is 0. The Bertz CT molecular complexity index is 549. The summed E-state index contributed by atoms with van der Waals surface area (Å²) in [4.78, 5) is 15.8. The number of rotatable bonds is 4. The second kappa shape index (κ2) is 5.44. The van der Waals surface area contributed by atoms with Crippen LogP contribution in [0.25, 0.3) is 11.5 Å². The molecule has 0 fully saturated rings. The molecule has 18 heavy (non-hydrogen) atoms. The van der Waals surface area contributed by atoms with Crippen molar-refractivity contribution in [1.29, 1.82) is 0 Å². The van der Waals surface area contributed by atoms with Crippen LogP contribution in [0, 0.1) is 6.92 Å². The standard InChI is InChI=1S/C13H15N3O2/c1-3-6-12(17)15-11-8-5-4-7-10(11)13-14-9(2)16-18-13/h4-5,7-8H,3,6H2,1-2H3,(H,15,17). The normalized spacial score (nSPS) is 10.3. The lowest BCUT2D eigenvalue weighted by atomic mass is 10.1. The van der Waals surface area contributed by atoms with Crippen LogP contribution in [0.2, 0.25) is 0 Å². The van der Waals surface area contributed by atoms with Gasteiger partial charge >= 0.3 is 0 Å². The van der Waals surface area contributed by atoms with Crippen molar-refractivity contribution >= 4 is 11.6 Å². The van der Waals surface area contributed by atoms with E-state index in [1.165, 1.54) is 0 Å². The Kier molecular flexibility index (Phi) is 3.72. The molecule has 1 heterocycles. The molecular formula is C13H15N3O2. The lowest BCUT2D eigenvalue weighted by Gasteiger charge is -2.07. The fourth-order valence-corrected chi connectivity index (χ4v) is 1.62. The zero-order valence-electron chi connectivity index (χ0n) is 10.4. The molecular weight excluding hydrogens is 230 g/mol. The van der Waals surface area contributed by atoms with Crippen molar-refractivity contribution < 1.29 is 9.32 Å². The first kappa shape index (κ1) is 12.3. The zero-order valence-corrected chi connectivity index (χ0v) is 10.4. The molecule has 0 atom stereocenters. The summed E-state index contributed by atoms with van der Waals surface area (Å²) in [6.07, 6.45) is 1.31. The number of hydrogen-bond acceptors (Lipinski definition) is 4. The highest BCUT2D eigenvalue weighted by atomic mass is 16.5. The molecule has 0 aliphatic carbocycles. The number of para-hydroxylation sites is 1. The summed E-state index contributed by atoms with van der Waals surface area (Å²) in [5, 5.41) is 6.60. The molecule has 1 aromatic heterocycles. The number of carbonyl (C=O) groups excluding carboxylic acids is 1. The molecule has 0 unspecified atom stereocenters. The van der Waals surface area contributed by atoms with Gasteiger partial charge in [-0.15, -0.1) is 0 Å². The first-order chi connectivity index (χ1) is 8.70. The molecule has 0 radical (unpaired) electrons. The lowest BCUT2D eigenvalue weighted by molar-refractivity contribution is -0.116. The molecule has 1 aromatic carbocycles. The van der Waals surface area contributed by atoms with Crippen molar-refractivity contribution in [1.82, 2.24) is 10.1 Å². The molecule has 0 aliphatic heterocycles. The summed E-state index contributed by atoms with van der Waals surface area (Å²) in [6, 6.07) is 7.38. The Hall–Kier alpha value is -2.17. The van der Waals surface area contributed by atoms with Gasteiger partial charge in [0.15, 0.2) is 5.82 Å². The van der Waals surface area contributed by atoms with Crippen molar-refractivity contribution in [3.05, 3.63) is 30.1 Å². The van der Waals surface area contributed by atoms with Gasteiger partial charge in [-0.05, 0) is 25.5 Å². The van der Waals surface area contributed by atoms with Crippen LogP contribution >= 0.6 is 0 Å². The molecule has 0 spiro atoms. The summed E-state index contributed by atoms with van der Waals surface area (Å²) in [5.74, 6) is 0.973. The van der Waals surface area contributed by atoms with Crippen LogP contribution in [-0.4, -0.2) is 16.0 Å². The molecule has 1 amide bonds. The van der Waals surface area contributed by atoms with Crippen LogP contribution in [0.1, 0.15) is 25.6 Å². The Morgan fingerprint density at radius 1 is 1.39 bits per heavy atom. The van der Waals surface area contributed by atoms with E-state index in [4.69, 9.17) is 4.52 Å². The number of nitrogens with one attached hydrogen (secondary N) is 1. The summed E-state index contributed by atoms with van der Waals surface area (Å²) in [7, 11) is 0. The third-order valence-electron chi connectivity index (χ3n) is 2.44. The predicted octanol–water partition coefficient (Wildman–Crippen LogP) is 2.78. The van der Waals surface area contributed by atoms with Gasteiger partial charge in [0.1, 0.15) is 0 Å². The van der Waals surface area contributed by atoms with Crippen LogP contribution in [0.4, 0.5) is 5.69 Å². The molecule has 0 saturated heterocycles. The lowest BCUT2D eigenvalue weighted by Crippen LogP contribution is -2.11. The Balaban J connectivity index is 2.28. The number of anilines is 1. The Morgan fingerprint density at radius 2 is 2.17 bits per heavy atom. The summed E-state index contributed by atoms with van der Waals surface area (Å²) < 4.78 is 5.12. The fraction of sp³-hybridized carbons (Fsp3) is 0.308. The van der Waals surface area contributed by atoms with E-state index in [2.05, 4.69) is 15.5 Å². The van der Waals surface area contributed by atoms with E-state index < -0.39 is 0 Å². The number of amides is 1. The molecule has 0 aliphatic rings. The molecule has 0 saturated carbocycles. The SMILES string of the molecule is CCCC(=O)Nc1ccccc1-c1nc(C)no1. The van der Waals surface area contributed by atoms with Crippen molar-refractivity contribution in [2.45, 2.75) is 26.7 Å². The van der Waals surface area contributed by atoms with Crippen molar-refractivity contribution in [2.24, 2.45) is 0 Å². The van der Waals surface area contributed by atoms with E-state index in [0.29, 0.717) is 23.8 Å². The second-order valence-electron chi connectivity index (χ2n) is 3.99. The van der Waals surface area contributed by atoms with Crippen molar-refractivity contribution in [3.8, 4) is 11.5 Å². The third kappa shape index (κ3) is 2.74. The van der Waals surface area contributed by atoms with Gasteiger partial charge in [-0.1, -0.05) is 24.2 Å². The first-order valence-electron chi connectivity index (χ1n) is 5.90. The maximum absolute atomic E-state index is 11.6. The average Bonchev–Trinajstić information content (AvgIpc) is 2.77. The monoisotopic (exact) mass is 245 g/mol. The number of aryl methyl sites for hydroxylation is 1. The maximum Gasteiger partial charge on any atom is 0.260 e. The summed E-state index contributed by atoms with van der Waals surface area (Å²) in [5.41, 5.74) is 1.43. The molecule has 0 bridgehead atoms. The second-order valence-corrected chi connectivity index (χ2v) is 3.99. The van der Waals surface area contributed by atoms with Gasteiger partial charge in [0.2, 0.25) is 5.91 Å². The molecule has 94 valence electrons. The molecule has 1 N–H and O–H groups in total. The van der Waals surface area contributed by atoms with Gasteiger partial charge in [0, 0.05) is 6.42 Å². The zero-order chi connectivity index (χ0) is 13.0. The number of aromatic nitrogens is 2. The fourth-order valence-electron chi connectivity index (χ4n) is 1.62. The topological polar surface area (TPSA) is 68.0 Å². The minimum atomic E-state index is -0.0128. The maximum atomic E-state index is 11.6. The number of nitrogens with zero attached hydrogens (tertiary/aromatic N) is 2. The van der Waals surface area contributed by atoms with Gasteiger partial charge in [0.05, 0.1) is 11.3 Å². The van der Waals surface area contributed by atoms with E-state index in [-0.39, 0.29) is 5.91 Å². The van der Waals surface area contributed by atoms with Crippen LogP contribution in [0.3, 0.4) is 0 Å². The van der Waals surface area contributed by atoms with Crippen LogP contribution < -0.4 is 5.32 Å². The highest BCUT2D eigenvalue weighted by Gasteiger charge is 2.12. The minimum absolute atomic E-state index is 0.0128. The van der Waals surface area contributed by atoms with Gasteiger partial charge in [-0.3, -0.25) is 4.79 Å². The molecule has 5 nitrogen and oxygen atoms in total. The quantitative estimate of drug-likeness (QED) is 0.899. The Labute approximate surface area is 105 Å². The minimum Gasteiger partial charge on any atom is -0.334 e. The molecule has 5 heteroatoms. The molecule has 2 rings (SSSR count). The van der Waals surface area contributed by atoms with Gasteiger partial charge in [0.25, 0.3) is 5.89 Å². The van der Waals surface area contributed by atoms with Gasteiger partial charge in [-0.25, -0.2) is 0 Å². The smallest absolute Gasteiger partial charge is 0.260 e. The van der Waals surface area contributed by atoms with E-state index in [1.807, 2.05) is 31.2 Å². The Morgan fingerprint density at radius 3 is 2.83 bits per heavy atom. The van der Waals surface area contributed by atoms with Crippen LogP contribution in [0.15, 0.2) is 28.8 Å². The van der Waals surface area contributed by atoms with E-state index in [1.54, 1.807) is 6.92 Å².